The van der Waals surface area contributed by atoms with Gasteiger partial charge in [0.05, 0.1) is 17.6 Å². The van der Waals surface area contributed by atoms with Gasteiger partial charge in [0.2, 0.25) is 10.0 Å². The first-order chi connectivity index (χ1) is 14.6. The van der Waals surface area contributed by atoms with E-state index in [9.17, 15) is 23.1 Å². The molecule has 0 amide bonds. The number of sulfonamides is 1. The quantitative estimate of drug-likeness (QED) is 0.586. The summed E-state index contributed by atoms with van der Waals surface area (Å²) in [5.74, 6) is -1.18. The number of carbonyl (C=O) groups excluding carboxylic acids is 1. The SMILES string of the molecule is COC(=O)c1ccc2c(c1)oc1ccc(S(=O)(=O)N3CCSC(C)(C)C3C(=O)O)cc12. The number of nitrogens with zero attached hydrogens (tertiary/aromatic N) is 1. The van der Waals surface area contributed by atoms with Crippen molar-refractivity contribution in [2.45, 2.75) is 29.5 Å². The number of fused-ring (bicyclic) bond motifs is 3. The molecule has 1 aliphatic heterocycles. The van der Waals surface area contributed by atoms with E-state index in [1.165, 1.54) is 31.0 Å². The van der Waals surface area contributed by atoms with Crippen molar-refractivity contribution in [3.05, 3.63) is 42.0 Å². The average Bonchev–Trinajstić information content (AvgIpc) is 3.08. The number of ether oxygens (including phenoxy) is 1. The van der Waals surface area contributed by atoms with Crippen LogP contribution in [0, 0.1) is 0 Å². The normalized spacial score (nSPS) is 19.5. The van der Waals surface area contributed by atoms with Crippen LogP contribution in [0.2, 0.25) is 0 Å². The number of thioether (sulfide) groups is 1. The van der Waals surface area contributed by atoms with Gasteiger partial charge in [0, 0.05) is 27.8 Å². The Morgan fingerprint density at radius 1 is 1.16 bits per heavy atom. The van der Waals surface area contributed by atoms with Gasteiger partial charge in [-0.2, -0.15) is 16.1 Å². The Balaban J connectivity index is 1.82. The summed E-state index contributed by atoms with van der Waals surface area (Å²) in [6.45, 7) is 3.59. The lowest BCUT2D eigenvalue weighted by molar-refractivity contribution is -0.142. The molecular weight excluding hydrogens is 442 g/mol. The molecule has 164 valence electrons. The van der Waals surface area contributed by atoms with Crippen LogP contribution in [0.25, 0.3) is 21.9 Å². The Labute approximate surface area is 183 Å². The van der Waals surface area contributed by atoms with Crippen LogP contribution < -0.4 is 0 Å². The predicted molar refractivity (Wildman–Crippen MR) is 117 cm³/mol. The Bertz CT molecular complexity index is 1310. The number of aliphatic carboxylic acids is 1. The van der Waals surface area contributed by atoms with E-state index < -0.39 is 32.8 Å². The number of hydrogen-bond donors (Lipinski definition) is 1. The number of carbonyl (C=O) groups is 2. The van der Waals surface area contributed by atoms with E-state index in [1.54, 1.807) is 38.1 Å². The average molecular weight is 464 g/mol. The molecule has 4 rings (SSSR count). The van der Waals surface area contributed by atoms with Crippen LogP contribution in [-0.2, 0) is 19.6 Å². The van der Waals surface area contributed by atoms with Gasteiger partial charge in [-0.25, -0.2) is 13.2 Å². The second-order valence-corrected chi connectivity index (χ2v) is 11.4. The number of rotatable bonds is 4. The summed E-state index contributed by atoms with van der Waals surface area (Å²) >= 11 is 1.44. The van der Waals surface area contributed by atoms with Crippen molar-refractivity contribution in [3.63, 3.8) is 0 Å². The third-order valence-electron chi connectivity index (χ3n) is 5.44. The van der Waals surface area contributed by atoms with Gasteiger partial charge in [-0.3, -0.25) is 4.79 Å². The van der Waals surface area contributed by atoms with E-state index in [2.05, 4.69) is 0 Å². The number of furan rings is 1. The Kier molecular flexibility index (Phi) is 5.27. The lowest BCUT2D eigenvalue weighted by Gasteiger charge is -2.42. The molecule has 0 saturated carbocycles. The molecule has 2 aromatic carbocycles. The molecule has 0 radical (unpaired) electrons. The zero-order valence-electron chi connectivity index (χ0n) is 17.1. The first kappa shape index (κ1) is 21.7. The van der Waals surface area contributed by atoms with Crippen molar-refractivity contribution in [2.75, 3.05) is 19.4 Å². The Morgan fingerprint density at radius 2 is 1.90 bits per heavy atom. The van der Waals surface area contributed by atoms with Gasteiger partial charge < -0.3 is 14.3 Å². The monoisotopic (exact) mass is 463 g/mol. The van der Waals surface area contributed by atoms with E-state index in [4.69, 9.17) is 9.15 Å². The maximum atomic E-state index is 13.4. The molecule has 8 nitrogen and oxygen atoms in total. The lowest BCUT2D eigenvalue weighted by Crippen LogP contribution is -2.58. The van der Waals surface area contributed by atoms with Crippen LogP contribution in [0.1, 0.15) is 24.2 Å². The molecule has 0 spiro atoms. The summed E-state index contributed by atoms with van der Waals surface area (Å²) in [7, 11) is -2.78. The van der Waals surface area contributed by atoms with E-state index in [-0.39, 0.29) is 11.4 Å². The van der Waals surface area contributed by atoms with Gasteiger partial charge in [0.1, 0.15) is 17.2 Å². The summed E-state index contributed by atoms with van der Waals surface area (Å²) in [6, 6.07) is 8.05. The molecule has 2 heterocycles. The number of benzene rings is 2. The molecule has 1 fully saturated rings. The zero-order valence-corrected chi connectivity index (χ0v) is 18.7. The minimum absolute atomic E-state index is 0.00584. The van der Waals surface area contributed by atoms with E-state index in [0.29, 0.717) is 33.3 Å². The molecule has 10 heteroatoms. The third kappa shape index (κ3) is 3.58. The molecule has 0 bridgehead atoms. The van der Waals surface area contributed by atoms with Gasteiger partial charge >= 0.3 is 11.9 Å². The minimum Gasteiger partial charge on any atom is -0.480 e. The third-order valence-corrected chi connectivity index (χ3v) is 8.65. The van der Waals surface area contributed by atoms with Gasteiger partial charge in [-0.05, 0) is 50.2 Å². The predicted octanol–water partition coefficient (Wildman–Crippen LogP) is 3.34. The Hall–Kier alpha value is -2.56. The molecule has 1 N–H and O–H groups in total. The number of carboxylic acids is 1. The highest BCUT2D eigenvalue weighted by molar-refractivity contribution is 8.00. The standard InChI is InChI=1S/C21H21NO7S2/c1-21(2)18(19(23)24)22(8-9-30-21)31(26,27)13-5-7-16-15(11-13)14-6-4-12(20(25)28-3)10-17(14)29-16/h4-7,10-11,18H,8-9H2,1-3H3,(H,23,24). The fourth-order valence-corrected chi connectivity index (χ4v) is 7.05. The highest BCUT2D eigenvalue weighted by atomic mass is 32.2. The number of esters is 1. The summed E-state index contributed by atoms with van der Waals surface area (Å²) in [5, 5.41) is 11.0. The second kappa shape index (κ2) is 7.54. The lowest BCUT2D eigenvalue weighted by atomic mass is 10.0. The minimum atomic E-state index is -4.07. The highest BCUT2D eigenvalue weighted by Gasteiger charge is 2.48. The van der Waals surface area contributed by atoms with Crippen LogP contribution in [0.5, 0.6) is 0 Å². The van der Waals surface area contributed by atoms with E-state index >= 15 is 0 Å². The van der Waals surface area contributed by atoms with Gasteiger partial charge in [-0.1, -0.05) is 0 Å². The summed E-state index contributed by atoms with van der Waals surface area (Å²) < 4.78 is 37.7. The first-order valence-corrected chi connectivity index (χ1v) is 11.9. The maximum Gasteiger partial charge on any atom is 0.337 e. The van der Waals surface area contributed by atoms with Crippen molar-refractivity contribution in [1.82, 2.24) is 4.31 Å². The van der Waals surface area contributed by atoms with Crippen molar-refractivity contribution in [1.29, 1.82) is 0 Å². The molecule has 31 heavy (non-hydrogen) atoms. The van der Waals surface area contributed by atoms with Gasteiger partial charge in [0.25, 0.3) is 0 Å². The van der Waals surface area contributed by atoms with E-state index in [0.717, 1.165) is 4.31 Å². The van der Waals surface area contributed by atoms with Crippen molar-refractivity contribution < 1.29 is 32.3 Å². The van der Waals surface area contributed by atoms with Crippen LogP contribution in [0.15, 0.2) is 45.7 Å². The molecular formula is C21H21NO7S2. The number of methoxy groups -OCH3 is 1. The maximum absolute atomic E-state index is 13.4. The number of hydrogen-bond acceptors (Lipinski definition) is 7. The smallest absolute Gasteiger partial charge is 0.337 e. The summed E-state index contributed by atoms with van der Waals surface area (Å²) in [4.78, 5) is 23.7. The van der Waals surface area contributed by atoms with Crippen LogP contribution in [-0.4, -0.2) is 60.0 Å². The second-order valence-electron chi connectivity index (χ2n) is 7.77. The van der Waals surface area contributed by atoms with Gasteiger partial charge in [-0.15, -0.1) is 0 Å². The topological polar surface area (TPSA) is 114 Å². The fraction of sp³-hybridized carbons (Fsp3) is 0.333. The Morgan fingerprint density at radius 3 is 2.58 bits per heavy atom. The van der Waals surface area contributed by atoms with E-state index in [1.807, 2.05) is 0 Å². The molecule has 1 unspecified atom stereocenters. The van der Waals surface area contributed by atoms with Crippen LogP contribution in [0.4, 0.5) is 0 Å². The number of carboxylic acid groups (broad SMARTS) is 1. The van der Waals surface area contributed by atoms with Crippen LogP contribution in [0.3, 0.4) is 0 Å². The van der Waals surface area contributed by atoms with Gasteiger partial charge in [0.15, 0.2) is 0 Å². The van der Waals surface area contributed by atoms with Crippen LogP contribution >= 0.6 is 11.8 Å². The van der Waals surface area contributed by atoms with Crippen molar-refractivity contribution >= 4 is 55.7 Å². The van der Waals surface area contributed by atoms with Crippen molar-refractivity contribution in [3.8, 4) is 0 Å². The molecule has 1 saturated heterocycles. The molecule has 1 aliphatic rings. The highest BCUT2D eigenvalue weighted by Crippen LogP contribution is 2.39. The summed E-state index contributed by atoms with van der Waals surface area (Å²) in [6.07, 6.45) is 0. The molecule has 0 aliphatic carbocycles. The summed E-state index contributed by atoms with van der Waals surface area (Å²) in [5.41, 5.74) is 1.20. The molecule has 3 aromatic rings. The first-order valence-electron chi connectivity index (χ1n) is 9.49. The zero-order chi connectivity index (χ0) is 22.6. The molecule has 1 aromatic heterocycles. The molecule has 1 atom stereocenters. The van der Waals surface area contributed by atoms with Crippen molar-refractivity contribution in [2.24, 2.45) is 0 Å². The fourth-order valence-electron chi connectivity index (χ4n) is 3.93. The largest absolute Gasteiger partial charge is 0.480 e.